The second kappa shape index (κ2) is 10.7. The average Bonchev–Trinajstić information content (AvgIpc) is 2.71. The predicted molar refractivity (Wildman–Crippen MR) is 110 cm³/mol. The van der Waals surface area contributed by atoms with E-state index in [1.54, 1.807) is 12.1 Å². The fourth-order valence-corrected chi connectivity index (χ4v) is 4.78. The first-order valence-corrected chi connectivity index (χ1v) is 11.5. The zero-order valence-electron chi connectivity index (χ0n) is 17.3. The van der Waals surface area contributed by atoms with Crippen LogP contribution in [0.1, 0.15) is 25.8 Å². The van der Waals surface area contributed by atoms with Gasteiger partial charge >= 0.3 is 5.97 Å². The summed E-state index contributed by atoms with van der Waals surface area (Å²) >= 11 is 0. The Morgan fingerprint density at radius 3 is 2.31 bits per heavy atom. The molecule has 9 heteroatoms. The SMILES string of the molecule is CC[C@@H](C)[C@@H](NC(=O)CN1CCN(S(=O)(=O)Cc2ccccc2)CC1)C(=O)OC. The molecule has 1 heterocycles. The molecule has 162 valence electrons. The van der Waals surface area contributed by atoms with E-state index in [0.29, 0.717) is 26.2 Å². The Bertz CT molecular complexity index is 777. The number of ether oxygens (including phenoxy) is 1. The number of benzene rings is 1. The summed E-state index contributed by atoms with van der Waals surface area (Å²) in [6, 6.07) is 8.42. The van der Waals surface area contributed by atoms with Crippen LogP contribution in [0.2, 0.25) is 0 Å². The molecule has 0 aliphatic carbocycles. The summed E-state index contributed by atoms with van der Waals surface area (Å²) in [7, 11) is -2.09. The van der Waals surface area contributed by atoms with Gasteiger partial charge in [-0.25, -0.2) is 13.2 Å². The fraction of sp³-hybridized carbons (Fsp3) is 0.600. The molecule has 0 spiro atoms. The fourth-order valence-electron chi connectivity index (χ4n) is 3.26. The van der Waals surface area contributed by atoms with Crippen molar-refractivity contribution in [1.82, 2.24) is 14.5 Å². The molecular weight excluding hydrogens is 394 g/mol. The third-order valence-electron chi connectivity index (χ3n) is 5.27. The lowest BCUT2D eigenvalue weighted by Gasteiger charge is -2.34. The highest BCUT2D eigenvalue weighted by Crippen LogP contribution is 2.14. The van der Waals surface area contributed by atoms with Gasteiger partial charge in [-0.15, -0.1) is 0 Å². The Morgan fingerprint density at radius 2 is 1.76 bits per heavy atom. The van der Waals surface area contributed by atoms with Crippen LogP contribution >= 0.6 is 0 Å². The lowest BCUT2D eigenvalue weighted by Crippen LogP contribution is -2.53. The van der Waals surface area contributed by atoms with Crippen LogP contribution in [0.15, 0.2) is 30.3 Å². The smallest absolute Gasteiger partial charge is 0.328 e. The molecular formula is C20H31N3O5S. The van der Waals surface area contributed by atoms with Gasteiger partial charge in [-0.3, -0.25) is 9.69 Å². The molecule has 8 nitrogen and oxygen atoms in total. The van der Waals surface area contributed by atoms with Crippen LogP contribution in [0.4, 0.5) is 0 Å². The van der Waals surface area contributed by atoms with Crippen molar-refractivity contribution in [3.05, 3.63) is 35.9 Å². The first-order valence-electron chi connectivity index (χ1n) is 9.88. The molecule has 1 aliphatic heterocycles. The zero-order chi connectivity index (χ0) is 21.4. The quantitative estimate of drug-likeness (QED) is 0.589. The highest BCUT2D eigenvalue weighted by Gasteiger charge is 2.30. The largest absolute Gasteiger partial charge is 0.467 e. The van der Waals surface area contributed by atoms with Crippen molar-refractivity contribution in [2.45, 2.75) is 32.1 Å². The molecule has 0 bridgehead atoms. The third-order valence-corrected chi connectivity index (χ3v) is 7.12. The van der Waals surface area contributed by atoms with Gasteiger partial charge in [0.05, 0.1) is 19.4 Å². The minimum absolute atomic E-state index is 0.0238. The van der Waals surface area contributed by atoms with Crippen molar-refractivity contribution in [1.29, 1.82) is 0 Å². The summed E-state index contributed by atoms with van der Waals surface area (Å²) in [6.07, 6.45) is 0.734. The monoisotopic (exact) mass is 425 g/mol. The maximum absolute atomic E-state index is 12.6. The lowest BCUT2D eigenvalue weighted by atomic mass is 9.99. The molecule has 1 saturated heterocycles. The topological polar surface area (TPSA) is 96.0 Å². The molecule has 0 radical (unpaired) electrons. The number of amides is 1. The van der Waals surface area contributed by atoms with E-state index in [-0.39, 0.29) is 24.1 Å². The van der Waals surface area contributed by atoms with E-state index in [1.807, 2.05) is 36.9 Å². The first-order chi connectivity index (χ1) is 13.8. The molecule has 2 rings (SSSR count). The number of nitrogens with one attached hydrogen (secondary N) is 1. The van der Waals surface area contributed by atoms with Crippen LogP contribution in [0, 0.1) is 5.92 Å². The van der Waals surface area contributed by atoms with E-state index in [1.165, 1.54) is 11.4 Å². The highest BCUT2D eigenvalue weighted by atomic mass is 32.2. The van der Waals surface area contributed by atoms with Crippen molar-refractivity contribution in [2.24, 2.45) is 5.92 Å². The molecule has 29 heavy (non-hydrogen) atoms. The van der Waals surface area contributed by atoms with Gasteiger partial charge < -0.3 is 10.1 Å². The minimum Gasteiger partial charge on any atom is -0.467 e. The average molecular weight is 426 g/mol. The van der Waals surface area contributed by atoms with E-state index >= 15 is 0 Å². The van der Waals surface area contributed by atoms with Crippen molar-refractivity contribution in [3.8, 4) is 0 Å². The Labute approximate surface area is 173 Å². The molecule has 1 amide bonds. The summed E-state index contributed by atoms with van der Waals surface area (Å²) in [5, 5.41) is 2.75. The van der Waals surface area contributed by atoms with E-state index in [9.17, 15) is 18.0 Å². The molecule has 1 N–H and O–H groups in total. The molecule has 1 fully saturated rings. The van der Waals surface area contributed by atoms with Crippen molar-refractivity contribution in [2.75, 3.05) is 39.8 Å². The Morgan fingerprint density at radius 1 is 1.14 bits per heavy atom. The lowest BCUT2D eigenvalue weighted by molar-refractivity contribution is -0.146. The zero-order valence-corrected chi connectivity index (χ0v) is 18.2. The second-order valence-electron chi connectivity index (χ2n) is 7.37. The van der Waals surface area contributed by atoms with Crippen LogP contribution in [0.5, 0.6) is 0 Å². The van der Waals surface area contributed by atoms with Crippen LogP contribution in [0.25, 0.3) is 0 Å². The molecule has 0 aromatic heterocycles. The summed E-state index contributed by atoms with van der Waals surface area (Å²) in [4.78, 5) is 26.2. The van der Waals surface area contributed by atoms with Gasteiger partial charge in [0.1, 0.15) is 6.04 Å². The van der Waals surface area contributed by atoms with Crippen molar-refractivity contribution >= 4 is 21.9 Å². The van der Waals surface area contributed by atoms with E-state index in [0.717, 1.165) is 12.0 Å². The summed E-state index contributed by atoms with van der Waals surface area (Å²) < 4.78 is 31.5. The van der Waals surface area contributed by atoms with Crippen LogP contribution < -0.4 is 5.32 Å². The molecule has 2 atom stereocenters. The second-order valence-corrected chi connectivity index (χ2v) is 9.34. The van der Waals surface area contributed by atoms with Crippen molar-refractivity contribution < 1.29 is 22.7 Å². The maximum Gasteiger partial charge on any atom is 0.328 e. The van der Waals surface area contributed by atoms with Gasteiger partial charge in [0.2, 0.25) is 15.9 Å². The summed E-state index contributed by atoms with van der Waals surface area (Å²) in [5.41, 5.74) is 0.758. The van der Waals surface area contributed by atoms with Gasteiger partial charge in [0.15, 0.2) is 0 Å². The number of carbonyl (C=O) groups is 2. The molecule has 0 unspecified atom stereocenters. The minimum atomic E-state index is -3.39. The number of nitrogens with zero attached hydrogens (tertiary/aromatic N) is 2. The van der Waals surface area contributed by atoms with Gasteiger partial charge in [-0.05, 0) is 11.5 Å². The van der Waals surface area contributed by atoms with Gasteiger partial charge in [-0.2, -0.15) is 4.31 Å². The van der Waals surface area contributed by atoms with E-state index in [2.05, 4.69) is 5.32 Å². The van der Waals surface area contributed by atoms with Gasteiger partial charge in [-0.1, -0.05) is 50.6 Å². The number of carbonyl (C=O) groups excluding carboxylic acids is 2. The molecule has 1 aromatic rings. The van der Waals surface area contributed by atoms with Gasteiger partial charge in [0.25, 0.3) is 0 Å². The number of hydrogen-bond acceptors (Lipinski definition) is 6. The number of rotatable bonds is 9. The highest BCUT2D eigenvalue weighted by molar-refractivity contribution is 7.88. The standard InChI is InChI=1S/C20H31N3O5S/c1-4-16(2)19(20(25)28-3)21-18(24)14-22-10-12-23(13-11-22)29(26,27)15-17-8-6-5-7-9-17/h5-9,16,19H,4,10-15H2,1-3H3,(H,21,24)/t16-,19-/m1/s1. The Kier molecular flexibility index (Phi) is 8.60. The van der Waals surface area contributed by atoms with E-state index < -0.39 is 22.0 Å². The molecule has 0 saturated carbocycles. The van der Waals surface area contributed by atoms with Crippen LogP contribution in [0.3, 0.4) is 0 Å². The molecule has 1 aliphatic rings. The van der Waals surface area contributed by atoms with Crippen LogP contribution in [-0.2, 0) is 30.1 Å². The predicted octanol–water partition coefficient (Wildman–Crippen LogP) is 0.838. The number of sulfonamides is 1. The summed E-state index contributed by atoms with van der Waals surface area (Å²) in [6.45, 7) is 5.57. The van der Waals surface area contributed by atoms with Crippen molar-refractivity contribution in [3.63, 3.8) is 0 Å². The number of hydrogen-bond donors (Lipinski definition) is 1. The number of esters is 1. The summed E-state index contributed by atoms with van der Waals surface area (Å²) in [5.74, 6) is -0.776. The maximum atomic E-state index is 12.6. The normalized spacial score (nSPS) is 18.0. The first kappa shape index (κ1) is 23.3. The van der Waals surface area contributed by atoms with E-state index in [4.69, 9.17) is 4.74 Å². The van der Waals surface area contributed by atoms with Gasteiger partial charge in [0, 0.05) is 26.2 Å². The Hall–Kier alpha value is -1.97. The van der Waals surface area contributed by atoms with Crippen LogP contribution in [-0.4, -0.2) is 75.4 Å². The third kappa shape index (κ3) is 6.80. The molecule has 1 aromatic carbocycles. The Balaban J connectivity index is 1.85. The number of piperazine rings is 1. The number of methoxy groups -OCH3 is 1.